The van der Waals surface area contributed by atoms with E-state index in [0.717, 1.165) is 42.3 Å². The number of amides is 1. The van der Waals surface area contributed by atoms with Crippen molar-refractivity contribution in [2.24, 2.45) is 11.1 Å². The van der Waals surface area contributed by atoms with E-state index in [4.69, 9.17) is 5.73 Å². The maximum atomic E-state index is 12.5. The average molecular weight is 269 g/mol. The molecule has 4 nitrogen and oxygen atoms in total. The third-order valence-electron chi connectivity index (χ3n) is 4.28. The summed E-state index contributed by atoms with van der Waals surface area (Å²) in [6, 6.07) is 9.83. The standard InChI is InChI=1S/C16H19N3O/c17-11-16(7-3-4-8-16)15(20)19-13-9-12-5-1-2-6-14(12)18-10-13/h1-2,5-6,9-10H,3-4,7-8,11,17H2,(H,19,20). The topological polar surface area (TPSA) is 68.0 Å². The summed E-state index contributed by atoms with van der Waals surface area (Å²) in [5.74, 6) is 0.0366. The lowest BCUT2D eigenvalue weighted by Gasteiger charge is -2.25. The van der Waals surface area contributed by atoms with Crippen LogP contribution in [0.25, 0.3) is 10.9 Å². The predicted molar refractivity (Wildman–Crippen MR) is 80.3 cm³/mol. The Morgan fingerprint density at radius 3 is 2.80 bits per heavy atom. The van der Waals surface area contributed by atoms with Crippen molar-refractivity contribution in [3.63, 3.8) is 0 Å². The molecular formula is C16H19N3O. The van der Waals surface area contributed by atoms with Gasteiger partial charge in [-0.3, -0.25) is 9.78 Å². The number of pyridine rings is 1. The molecule has 0 radical (unpaired) electrons. The number of fused-ring (bicyclic) bond motifs is 1. The van der Waals surface area contributed by atoms with Crippen molar-refractivity contribution >= 4 is 22.5 Å². The van der Waals surface area contributed by atoms with Crippen molar-refractivity contribution in [3.8, 4) is 0 Å². The number of nitrogens with two attached hydrogens (primary N) is 1. The number of hydrogen-bond acceptors (Lipinski definition) is 3. The molecular weight excluding hydrogens is 250 g/mol. The van der Waals surface area contributed by atoms with Gasteiger partial charge >= 0.3 is 0 Å². The van der Waals surface area contributed by atoms with Gasteiger partial charge in [-0.1, -0.05) is 31.0 Å². The SMILES string of the molecule is NCC1(C(=O)Nc2cnc3ccccc3c2)CCCC1. The fourth-order valence-corrected chi connectivity index (χ4v) is 2.98. The second-order valence-corrected chi connectivity index (χ2v) is 5.56. The third kappa shape index (κ3) is 2.27. The van der Waals surface area contributed by atoms with Gasteiger partial charge in [0, 0.05) is 11.9 Å². The second-order valence-electron chi connectivity index (χ2n) is 5.56. The molecule has 0 unspecified atom stereocenters. The first-order chi connectivity index (χ1) is 9.73. The van der Waals surface area contributed by atoms with Crippen LogP contribution in [0.4, 0.5) is 5.69 Å². The number of hydrogen-bond donors (Lipinski definition) is 2. The Hall–Kier alpha value is -1.94. The first-order valence-corrected chi connectivity index (χ1v) is 7.10. The molecule has 20 heavy (non-hydrogen) atoms. The van der Waals surface area contributed by atoms with E-state index in [2.05, 4.69) is 10.3 Å². The first-order valence-electron chi connectivity index (χ1n) is 7.10. The Balaban J connectivity index is 1.83. The van der Waals surface area contributed by atoms with Crippen molar-refractivity contribution in [1.29, 1.82) is 0 Å². The molecule has 1 aromatic heterocycles. The minimum absolute atomic E-state index is 0.0366. The number of rotatable bonds is 3. The van der Waals surface area contributed by atoms with Crippen LogP contribution in [-0.2, 0) is 4.79 Å². The quantitative estimate of drug-likeness (QED) is 0.900. The molecule has 4 heteroatoms. The van der Waals surface area contributed by atoms with E-state index in [-0.39, 0.29) is 11.3 Å². The Bertz CT molecular complexity index is 632. The molecule has 3 rings (SSSR count). The van der Waals surface area contributed by atoms with E-state index < -0.39 is 0 Å². The molecule has 3 N–H and O–H groups in total. The highest BCUT2D eigenvalue weighted by Crippen LogP contribution is 2.38. The lowest BCUT2D eigenvalue weighted by atomic mass is 9.85. The maximum Gasteiger partial charge on any atom is 0.231 e. The Morgan fingerprint density at radius 1 is 1.30 bits per heavy atom. The molecule has 104 valence electrons. The van der Waals surface area contributed by atoms with Gasteiger partial charge in [0.25, 0.3) is 0 Å². The van der Waals surface area contributed by atoms with Crippen LogP contribution in [0.2, 0.25) is 0 Å². The van der Waals surface area contributed by atoms with E-state index in [0.29, 0.717) is 6.54 Å². The van der Waals surface area contributed by atoms with Gasteiger partial charge in [-0.2, -0.15) is 0 Å². The van der Waals surface area contributed by atoms with E-state index in [1.807, 2.05) is 30.3 Å². The summed E-state index contributed by atoms with van der Waals surface area (Å²) in [4.78, 5) is 16.8. The van der Waals surface area contributed by atoms with Gasteiger partial charge in [0.2, 0.25) is 5.91 Å². The average Bonchev–Trinajstić information content (AvgIpc) is 2.97. The lowest BCUT2D eigenvalue weighted by Crippen LogP contribution is -2.40. The van der Waals surface area contributed by atoms with Gasteiger partial charge in [-0.15, -0.1) is 0 Å². The van der Waals surface area contributed by atoms with Crippen LogP contribution in [0.5, 0.6) is 0 Å². The molecule has 0 aliphatic heterocycles. The zero-order valence-corrected chi connectivity index (χ0v) is 11.4. The minimum Gasteiger partial charge on any atom is -0.329 e. The smallest absolute Gasteiger partial charge is 0.231 e. The maximum absolute atomic E-state index is 12.5. The highest BCUT2D eigenvalue weighted by molar-refractivity contribution is 5.97. The monoisotopic (exact) mass is 269 g/mol. The first kappa shape index (κ1) is 13.1. The Kier molecular flexibility index (Phi) is 3.40. The summed E-state index contributed by atoms with van der Waals surface area (Å²) in [5.41, 5.74) is 7.13. The van der Waals surface area contributed by atoms with E-state index in [1.54, 1.807) is 6.20 Å². The summed E-state index contributed by atoms with van der Waals surface area (Å²) in [5, 5.41) is 4.01. The summed E-state index contributed by atoms with van der Waals surface area (Å²) in [7, 11) is 0. The molecule has 1 amide bonds. The number of carbonyl (C=O) groups is 1. The molecule has 0 saturated heterocycles. The number of nitrogens with one attached hydrogen (secondary N) is 1. The summed E-state index contributed by atoms with van der Waals surface area (Å²) < 4.78 is 0. The van der Waals surface area contributed by atoms with Crippen LogP contribution in [0.1, 0.15) is 25.7 Å². The van der Waals surface area contributed by atoms with Crippen LogP contribution in [-0.4, -0.2) is 17.4 Å². The van der Waals surface area contributed by atoms with Gasteiger partial charge in [-0.05, 0) is 25.0 Å². The second kappa shape index (κ2) is 5.21. The van der Waals surface area contributed by atoms with E-state index >= 15 is 0 Å². The number of para-hydroxylation sites is 1. The van der Waals surface area contributed by atoms with Crippen LogP contribution in [0, 0.1) is 5.41 Å². The van der Waals surface area contributed by atoms with Crippen molar-refractivity contribution in [2.45, 2.75) is 25.7 Å². The Morgan fingerprint density at radius 2 is 2.05 bits per heavy atom. The fraction of sp³-hybridized carbons (Fsp3) is 0.375. The van der Waals surface area contributed by atoms with Crippen molar-refractivity contribution in [1.82, 2.24) is 4.98 Å². The molecule has 0 spiro atoms. The van der Waals surface area contributed by atoms with Crippen molar-refractivity contribution in [2.75, 3.05) is 11.9 Å². The van der Waals surface area contributed by atoms with Gasteiger partial charge < -0.3 is 11.1 Å². The minimum atomic E-state index is -0.383. The largest absolute Gasteiger partial charge is 0.329 e. The number of benzene rings is 1. The van der Waals surface area contributed by atoms with E-state index in [1.165, 1.54) is 0 Å². The number of anilines is 1. The predicted octanol–water partition coefficient (Wildman–Crippen LogP) is 2.69. The highest BCUT2D eigenvalue weighted by atomic mass is 16.2. The van der Waals surface area contributed by atoms with Gasteiger partial charge in [0.1, 0.15) is 0 Å². The van der Waals surface area contributed by atoms with Crippen LogP contribution in [0.15, 0.2) is 36.5 Å². The molecule has 1 saturated carbocycles. The number of carbonyl (C=O) groups excluding carboxylic acids is 1. The zero-order valence-electron chi connectivity index (χ0n) is 11.4. The Labute approximate surface area is 118 Å². The molecule has 0 bridgehead atoms. The molecule has 2 aromatic rings. The number of aromatic nitrogens is 1. The lowest BCUT2D eigenvalue weighted by molar-refractivity contribution is -0.124. The van der Waals surface area contributed by atoms with Crippen molar-refractivity contribution in [3.05, 3.63) is 36.5 Å². The zero-order chi connectivity index (χ0) is 14.0. The van der Waals surface area contributed by atoms with Crippen molar-refractivity contribution < 1.29 is 4.79 Å². The van der Waals surface area contributed by atoms with Gasteiger partial charge in [-0.25, -0.2) is 0 Å². The molecule has 1 aliphatic carbocycles. The summed E-state index contributed by atoms with van der Waals surface area (Å²) >= 11 is 0. The number of nitrogens with zero attached hydrogens (tertiary/aromatic N) is 1. The fourth-order valence-electron chi connectivity index (χ4n) is 2.98. The van der Waals surface area contributed by atoms with Crippen LogP contribution >= 0.6 is 0 Å². The molecule has 1 aliphatic rings. The molecule has 1 aromatic carbocycles. The normalized spacial score (nSPS) is 17.2. The highest BCUT2D eigenvalue weighted by Gasteiger charge is 2.39. The summed E-state index contributed by atoms with van der Waals surface area (Å²) in [6.07, 6.45) is 5.65. The van der Waals surface area contributed by atoms with Crippen LogP contribution < -0.4 is 11.1 Å². The summed E-state index contributed by atoms with van der Waals surface area (Å²) in [6.45, 7) is 0.417. The third-order valence-corrected chi connectivity index (χ3v) is 4.28. The van der Waals surface area contributed by atoms with E-state index in [9.17, 15) is 4.79 Å². The van der Waals surface area contributed by atoms with Gasteiger partial charge in [0.05, 0.1) is 22.8 Å². The molecule has 1 fully saturated rings. The van der Waals surface area contributed by atoms with Crippen LogP contribution in [0.3, 0.4) is 0 Å². The molecule has 1 heterocycles. The molecule has 0 atom stereocenters. The van der Waals surface area contributed by atoms with Gasteiger partial charge in [0.15, 0.2) is 0 Å².